The Kier molecular flexibility index (Phi) is 6.77. The molecule has 0 unspecified atom stereocenters. The molecule has 2 aromatic rings. The van der Waals surface area contributed by atoms with Crippen LogP contribution >= 0.6 is 11.3 Å². The Morgan fingerprint density at radius 3 is 2.80 bits per heavy atom. The summed E-state index contributed by atoms with van der Waals surface area (Å²) in [5.74, 6) is 5.62. The first-order valence-electron chi connectivity index (χ1n) is 8.04. The molecule has 1 aromatic carbocycles. The fraction of sp³-hybridized carbons (Fsp3) is 0.350. The molecule has 0 radical (unpaired) electrons. The maximum absolute atomic E-state index is 12.9. The Morgan fingerprint density at radius 2 is 2.16 bits per heavy atom. The van der Waals surface area contributed by atoms with Crippen LogP contribution in [0, 0.1) is 11.8 Å². The van der Waals surface area contributed by atoms with Crippen LogP contribution in [0.3, 0.4) is 0 Å². The first-order valence-corrected chi connectivity index (χ1v) is 8.98. The van der Waals surface area contributed by atoms with Crippen LogP contribution in [0.4, 0.5) is 0 Å². The van der Waals surface area contributed by atoms with Gasteiger partial charge in [-0.15, -0.1) is 0 Å². The van der Waals surface area contributed by atoms with E-state index >= 15 is 0 Å². The first kappa shape index (κ1) is 19.2. The molecule has 132 valence electrons. The molecule has 0 bridgehead atoms. The number of ether oxygens (including phenoxy) is 1. The molecule has 1 N–H and O–H groups in total. The maximum atomic E-state index is 12.9. The molecule has 4 nitrogen and oxygen atoms in total. The van der Waals surface area contributed by atoms with Crippen molar-refractivity contribution in [2.24, 2.45) is 0 Å². The first-order chi connectivity index (χ1) is 11.9. The number of amides is 1. The summed E-state index contributed by atoms with van der Waals surface area (Å²) in [5.41, 5.74) is 1.32. The number of carbonyl (C=O) groups is 1. The van der Waals surface area contributed by atoms with E-state index in [0.717, 1.165) is 5.56 Å². The van der Waals surface area contributed by atoms with Crippen LogP contribution < -0.4 is 0 Å². The smallest absolute Gasteiger partial charge is 0.254 e. The van der Waals surface area contributed by atoms with Crippen molar-refractivity contribution >= 4 is 17.2 Å². The standard InChI is InChI=1S/C20H23NO3S/c1-20(2,23)9-7-16-5-4-6-18(13-16)19(22)21(10-11-24-3)14-17-8-12-25-15-17/h4-6,8,12-13,15,23H,10-11,14H2,1-3H3. The lowest BCUT2D eigenvalue weighted by Gasteiger charge is -2.22. The van der Waals surface area contributed by atoms with Crippen LogP contribution in [0.2, 0.25) is 0 Å². The number of methoxy groups -OCH3 is 1. The zero-order chi connectivity index (χ0) is 18.3. The molecule has 0 aliphatic carbocycles. The van der Waals surface area contributed by atoms with Gasteiger partial charge in [-0.1, -0.05) is 17.9 Å². The fourth-order valence-corrected chi connectivity index (χ4v) is 2.85. The summed E-state index contributed by atoms with van der Waals surface area (Å²) in [6.45, 7) is 4.80. The molecule has 0 saturated heterocycles. The Bertz CT molecular complexity index is 751. The summed E-state index contributed by atoms with van der Waals surface area (Å²) in [5, 5.41) is 13.8. The zero-order valence-electron chi connectivity index (χ0n) is 14.8. The number of rotatable bonds is 6. The molecule has 5 heteroatoms. The molecule has 0 fully saturated rings. The van der Waals surface area contributed by atoms with Crippen molar-refractivity contribution in [2.75, 3.05) is 20.3 Å². The van der Waals surface area contributed by atoms with E-state index in [1.807, 2.05) is 22.9 Å². The lowest BCUT2D eigenvalue weighted by molar-refractivity contribution is 0.0680. The van der Waals surface area contributed by atoms with E-state index in [0.29, 0.717) is 30.8 Å². The molecule has 0 saturated carbocycles. The minimum atomic E-state index is -1.07. The molecular weight excluding hydrogens is 334 g/mol. The van der Waals surface area contributed by atoms with Crippen molar-refractivity contribution in [3.63, 3.8) is 0 Å². The number of hydrogen-bond donors (Lipinski definition) is 1. The Labute approximate surface area is 153 Å². The van der Waals surface area contributed by atoms with Gasteiger partial charge in [0.2, 0.25) is 0 Å². The molecule has 1 heterocycles. The highest BCUT2D eigenvalue weighted by Crippen LogP contribution is 2.14. The Balaban J connectivity index is 2.21. The van der Waals surface area contributed by atoms with E-state index in [1.165, 1.54) is 0 Å². The molecule has 1 amide bonds. The lowest BCUT2D eigenvalue weighted by atomic mass is 10.1. The molecule has 0 atom stereocenters. The van der Waals surface area contributed by atoms with E-state index in [9.17, 15) is 9.90 Å². The molecule has 25 heavy (non-hydrogen) atoms. The summed E-state index contributed by atoms with van der Waals surface area (Å²) in [4.78, 5) is 14.7. The van der Waals surface area contributed by atoms with Gasteiger partial charge in [-0.25, -0.2) is 0 Å². The van der Waals surface area contributed by atoms with Crippen molar-refractivity contribution in [1.82, 2.24) is 4.90 Å². The van der Waals surface area contributed by atoms with Crippen LogP contribution in [0.25, 0.3) is 0 Å². The van der Waals surface area contributed by atoms with Crippen LogP contribution in [-0.4, -0.2) is 41.8 Å². The van der Waals surface area contributed by atoms with Gasteiger partial charge in [0.1, 0.15) is 5.60 Å². The number of nitrogens with zero attached hydrogens (tertiary/aromatic N) is 1. The van der Waals surface area contributed by atoms with E-state index in [1.54, 1.807) is 55.4 Å². The second-order valence-corrected chi connectivity index (χ2v) is 7.02. The highest BCUT2D eigenvalue weighted by atomic mass is 32.1. The largest absolute Gasteiger partial charge is 0.383 e. The Morgan fingerprint density at radius 1 is 1.36 bits per heavy atom. The average Bonchev–Trinajstić information content (AvgIpc) is 3.09. The summed E-state index contributed by atoms with van der Waals surface area (Å²) >= 11 is 1.61. The van der Waals surface area contributed by atoms with Gasteiger partial charge in [-0.3, -0.25) is 4.79 Å². The number of benzene rings is 1. The summed E-state index contributed by atoms with van der Waals surface area (Å²) < 4.78 is 5.14. The zero-order valence-corrected chi connectivity index (χ0v) is 15.6. The van der Waals surface area contributed by atoms with Crippen LogP contribution in [0.5, 0.6) is 0 Å². The molecule has 2 rings (SSSR count). The molecule has 0 spiro atoms. The van der Waals surface area contributed by atoms with Gasteiger partial charge in [-0.05, 0) is 54.4 Å². The third kappa shape index (κ3) is 6.35. The quantitative estimate of drug-likeness (QED) is 0.808. The predicted molar refractivity (Wildman–Crippen MR) is 101 cm³/mol. The normalized spacial score (nSPS) is 10.9. The van der Waals surface area contributed by atoms with E-state index in [4.69, 9.17) is 4.74 Å². The van der Waals surface area contributed by atoms with Crippen molar-refractivity contribution in [3.8, 4) is 11.8 Å². The molecule has 1 aromatic heterocycles. The predicted octanol–water partition coefficient (Wildman–Crippen LogP) is 3.16. The van der Waals surface area contributed by atoms with Gasteiger partial charge in [0.05, 0.1) is 6.61 Å². The second-order valence-electron chi connectivity index (χ2n) is 6.24. The third-order valence-electron chi connectivity index (χ3n) is 3.43. The van der Waals surface area contributed by atoms with Crippen molar-refractivity contribution in [3.05, 3.63) is 57.8 Å². The van der Waals surface area contributed by atoms with Crippen LogP contribution in [0.1, 0.15) is 35.3 Å². The highest BCUT2D eigenvalue weighted by molar-refractivity contribution is 7.07. The van der Waals surface area contributed by atoms with Crippen LogP contribution in [-0.2, 0) is 11.3 Å². The van der Waals surface area contributed by atoms with Crippen molar-refractivity contribution in [2.45, 2.75) is 26.0 Å². The minimum absolute atomic E-state index is 0.0600. The van der Waals surface area contributed by atoms with E-state index in [2.05, 4.69) is 11.8 Å². The average molecular weight is 357 g/mol. The maximum Gasteiger partial charge on any atom is 0.254 e. The van der Waals surface area contributed by atoms with Crippen molar-refractivity contribution in [1.29, 1.82) is 0 Å². The van der Waals surface area contributed by atoms with Gasteiger partial charge in [0, 0.05) is 31.3 Å². The summed E-state index contributed by atoms with van der Waals surface area (Å²) in [7, 11) is 1.63. The minimum Gasteiger partial charge on any atom is -0.383 e. The van der Waals surface area contributed by atoms with Crippen molar-refractivity contribution < 1.29 is 14.6 Å². The van der Waals surface area contributed by atoms with Crippen LogP contribution in [0.15, 0.2) is 41.1 Å². The van der Waals surface area contributed by atoms with Gasteiger partial charge in [0.25, 0.3) is 5.91 Å². The number of hydrogen-bond acceptors (Lipinski definition) is 4. The summed E-state index contributed by atoms with van der Waals surface area (Å²) in [6.07, 6.45) is 0. The molecule has 0 aliphatic rings. The monoisotopic (exact) mass is 357 g/mol. The molecule has 0 aliphatic heterocycles. The Hall–Kier alpha value is -2.13. The second kappa shape index (κ2) is 8.82. The number of aliphatic hydroxyl groups is 1. The number of carbonyl (C=O) groups excluding carboxylic acids is 1. The van der Waals surface area contributed by atoms with E-state index < -0.39 is 5.60 Å². The van der Waals surface area contributed by atoms with Gasteiger partial charge < -0.3 is 14.7 Å². The SMILES string of the molecule is COCCN(Cc1ccsc1)C(=O)c1cccc(C#CC(C)(C)O)c1. The van der Waals surface area contributed by atoms with Gasteiger partial charge >= 0.3 is 0 Å². The summed E-state index contributed by atoms with van der Waals surface area (Å²) in [6, 6.07) is 9.19. The topological polar surface area (TPSA) is 49.8 Å². The van der Waals surface area contributed by atoms with Gasteiger partial charge in [0.15, 0.2) is 0 Å². The van der Waals surface area contributed by atoms with E-state index in [-0.39, 0.29) is 5.91 Å². The highest BCUT2D eigenvalue weighted by Gasteiger charge is 2.16. The van der Waals surface area contributed by atoms with Gasteiger partial charge in [-0.2, -0.15) is 11.3 Å². The lowest BCUT2D eigenvalue weighted by Crippen LogP contribution is -2.33. The molecular formula is C20H23NO3S. The fourth-order valence-electron chi connectivity index (χ4n) is 2.19. The third-order valence-corrected chi connectivity index (χ3v) is 4.16. The number of thiophene rings is 1.